The van der Waals surface area contributed by atoms with Crippen molar-refractivity contribution in [2.75, 3.05) is 26.7 Å². The summed E-state index contributed by atoms with van der Waals surface area (Å²) in [5, 5.41) is 2.73. The number of nitrogens with zero attached hydrogens (tertiary/aromatic N) is 4. The molecule has 2 aliphatic rings. The maximum Gasteiger partial charge on any atom is 0.272 e. The molecule has 0 saturated carbocycles. The molecule has 0 bridgehead atoms. The van der Waals surface area contributed by atoms with Crippen molar-refractivity contribution in [3.8, 4) is 11.4 Å². The number of aromatic nitrogens is 2. The highest BCUT2D eigenvalue weighted by molar-refractivity contribution is 5.98. The smallest absolute Gasteiger partial charge is 0.272 e. The van der Waals surface area contributed by atoms with Crippen molar-refractivity contribution in [3.05, 3.63) is 41.2 Å². The number of fused-ring (bicyclic) bond motifs is 1. The van der Waals surface area contributed by atoms with Gasteiger partial charge < -0.3 is 19.7 Å². The monoisotopic (exact) mass is 509 g/mol. The van der Waals surface area contributed by atoms with Crippen LogP contribution < -0.4 is 5.32 Å². The number of imidazole rings is 1. The Labute approximate surface area is 207 Å². The van der Waals surface area contributed by atoms with Crippen molar-refractivity contribution < 1.29 is 27.2 Å². The summed E-state index contributed by atoms with van der Waals surface area (Å²) in [7, 11) is 1.89. The van der Waals surface area contributed by atoms with E-state index < -0.39 is 53.8 Å². The quantitative estimate of drug-likeness (QED) is 0.639. The molecule has 1 N–H and O–H groups in total. The second-order valence-corrected chi connectivity index (χ2v) is 10.7. The largest absolute Gasteiger partial charge is 0.338 e. The van der Waals surface area contributed by atoms with Crippen LogP contribution >= 0.6 is 0 Å². The average Bonchev–Trinajstić information content (AvgIpc) is 3.24. The Morgan fingerprint density at radius 2 is 1.86 bits per heavy atom. The third kappa shape index (κ3) is 5.25. The second-order valence-electron chi connectivity index (χ2n) is 10.7. The van der Waals surface area contributed by atoms with Crippen molar-refractivity contribution in [1.82, 2.24) is 24.7 Å². The third-order valence-corrected chi connectivity index (χ3v) is 6.67. The lowest BCUT2D eigenvalue weighted by molar-refractivity contribution is -0.136. The van der Waals surface area contributed by atoms with Crippen molar-refractivity contribution in [1.29, 1.82) is 0 Å². The lowest BCUT2D eigenvalue weighted by Crippen LogP contribution is -2.54. The molecule has 4 rings (SSSR count). The van der Waals surface area contributed by atoms with E-state index in [-0.39, 0.29) is 23.6 Å². The van der Waals surface area contributed by atoms with Gasteiger partial charge in [0.15, 0.2) is 5.69 Å². The van der Waals surface area contributed by atoms with E-state index in [9.17, 15) is 27.2 Å². The molecule has 1 aromatic carbocycles. The summed E-state index contributed by atoms with van der Waals surface area (Å²) in [5.74, 6) is -5.52. The molecule has 2 aliphatic heterocycles. The molecule has 1 aromatic heterocycles. The van der Waals surface area contributed by atoms with Crippen LogP contribution in [0.15, 0.2) is 18.2 Å². The minimum atomic E-state index is -2.96. The van der Waals surface area contributed by atoms with Crippen LogP contribution in [0.1, 0.15) is 49.8 Å². The molecule has 3 heterocycles. The molecule has 1 fully saturated rings. The molecule has 1 atom stereocenters. The fraction of sp³-hybridized carbons (Fsp3) is 0.560. The van der Waals surface area contributed by atoms with Crippen LogP contribution in [0.25, 0.3) is 11.4 Å². The number of rotatable bonds is 4. The number of alkyl halides is 2. The third-order valence-electron chi connectivity index (χ3n) is 6.67. The molecule has 0 radical (unpaired) electrons. The van der Waals surface area contributed by atoms with E-state index in [4.69, 9.17) is 0 Å². The number of carbonyl (C=O) groups excluding carboxylic acids is 2. The number of hydrogen-bond donors (Lipinski definition) is 1. The lowest BCUT2D eigenvalue weighted by Gasteiger charge is -2.33. The predicted octanol–water partition coefficient (Wildman–Crippen LogP) is 3.68. The number of likely N-dealkylation sites (tertiary alicyclic amines) is 1. The normalized spacial score (nSPS) is 19.1. The summed E-state index contributed by atoms with van der Waals surface area (Å²) in [6.07, 6.45) is 0.306. The average molecular weight is 510 g/mol. The van der Waals surface area contributed by atoms with Gasteiger partial charge in [-0.15, -0.1) is 0 Å². The van der Waals surface area contributed by atoms with Crippen LogP contribution in [-0.2, 0) is 17.9 Å². The molecular formula is C25H31F4N5O2. The number of hydrogen-bond acceptors (Lipinski definition) is 4. The number of benzene rings is 1. The Kier molecular flexibility index (Phi) is 6.89. The Bertz CT molecular complexity index is 1170. The van der Waals surface area contributed by atoms with E-state index in [1.54, 1.807) is 25.3 Å². The zero-order chi connectivity index (χ0) is 26.4. The SMILES string of the molecule is CN1CCCn2c(-c3ccc(F)cc3F)nc(C(=O)N[C@H](C(=O)N3CCC(F)(F)C3)C(C)(C)C)c2C1. The van der Waals surface area contributed by atoms with Gasteiger partial charge in [-0.2, -0.15) is 0 Å². The van der Waals surface area contributed by atoms with Crippen molar-refractivity contribution in [3.63, 3.8) is 0 Å². The second kappa shape index (κ2) is 9.49. The zero-order valence-electron chi connectivity index (χ0n) is 20.9. The van der Waals surface area contributed by atoms with E-state index in [0.29, 0.717) is 18.8 Å². The number of halogens is 4. The van der Waals surface area contributed by atoms with Gasteiger partial charge in [0.1, 0.15) is 23.5 Å². The van der Waals surface area contributed by atoms with E-state index in [1.165, 1.54) is 6.07 Å². The Morgan fingerprint density at radius 3 is 2.47 bits per heavy atom. The molecule has 0 unspecified atom stereocenters. The first kappa shape index (κ1) is 26.1. The van der Waals surface area contributed by atoms with Gasteiger partial charge in [0.05, 0.1) is 17.8 Å². The fourth-order valence-corrected chi connectivity index (χ4v) is 4.73. The van der Waals surface area contributed by atoms with Gasteiger partial charge in [-0.1, -0.05) is 20.8 Å². The van der Waals surface area contributed by atoms with Gasteiger partial charge >= 0.3 is 0 Å². The standard InChI is InChI=1S/C25H31F4N5O2/c1-24(2,3)20(23(36)33-11-8-25(28,29)14-33)31-22(35)19-18-13-32(4)9-5-10-34(18)21(30-19)16-7-6-15(26)12-17(16)27/h6-7,12,20H,5,8-11,13-14H2,1-4H3,(H,31,35)/t20-/m1/s1. The molecule has 2 amide bonds. The predicted molar refractivity (Wildman–Crippen MR) is 125 cm³/mol. The van der Waals surface area contributed by atoms with Gasteiger partial charge in [0.2, 0.25) is 5.91 Å². The first-order chi connectivity index (χ1) is 16.8. The molecule has 7 nitrogen and oxygen atoms in total. The Balaban J connectivity index is 1.71. The minimum absolute atomic E-state index is 0.0243. The first-order valence-corrected chi connectivity index (χ1v) is 12.0. The number of nitrogens with one attached hydrogen (secondary N) is 1. The molecular weight excluding hydrogens is 478 g/mol. The molecule has 1 saturated heterocycles. The minimum Gasteiger partial charge on any atom is -0.338 e. The maximum atomic E-state index is 14.7. The Morgan fingerprint density at radius 1 is 1.14 bits per heavy atom. The zero-order valence-corrected chi connectivity index (χ0v) is 20.9. The van der Waals surface area contributed by atoms with E-state index in [0.717, 1.165) is 30.0 Å². The van der Waals surface area contributed by atoms with E-state index in [2.05, 4.69) is 10.3 Å². The molecule has 36 heavy (non-hydrogen) atoms. The first-order valence-electron chi connectivity index (χ1n) is 12.0. The van der Waals surface area contributed by atoms with Crippen LogP contribution in [0.2, 0.25) is 0 Å². The van der Waals surface area contributed by atoms with E-state index >= 15 is 0 Å². The van der Waals surface area contributed by atoms with Crippen molar-refractivity contribution >= 4 is 11.8 Å². The summed E-state index contributed by atoms with van der Waals surface area (Å²) in [6, 6.07) is 2.10. The molecule has 0 aliphatic carbocycles. The molecule has 0 spiro atoms. The van der Waals surface area contributed by atoms with Crippen LogP contribution in [-0.4, -0.2) is 69.8 Å². The van der Waals surface area contributed by atoms with Crippen LogP contribution in [0.3, 0.4) is 0 Å². The topological polar surface area (TPSA) is 70.5 Å². The summed E-state index contributed by atoms with van der Waals surface area (Å²) in [5.41, 5.74) is -0.149. The Hall–Kier alpha value is -2.95. The van der Waals surface area contributed by atoms with Gasteiger partial charge in [-0.05, 0) is 37.6 Å². The van der Waals surface area contributed by atoms with Gasteiger partial charge in [0.25, 0.3) is 11.8 Å². The van der Waals surface area contributed by atoms with Crippen molar-refractivity contribution in [2.45, 2.75) is 58.7 Å². The number of carbonyl (C=O) groups is 2. The summed E-state index contributed by atoms with van der Waals surface area (Å²) >= 11 is 0. The molecule has 196 valence electrons. The highest BCUT2D eigenvalue weighted by atomic mass is 19.3. The molecule has 2 aromatic rings. The highest BCUT2D eigenvalue weighted by Gasteiger charge is 2.45. The van der Waals surface area contributed by atoms with Crippen molar-refractivity contribution in [2.24, 2.45) is 5.41 Å². The summed E-state index contributed by atoms with van der Waals surface area (Å²) in [4.78, 5) is 34.3. The fourth-order valence-electron chi connectivity index (χ4n) is 4.73. The van der Waals surface area contributed by atoms with E-state index in [1.807, 2.05) is 11.9 Å². The highest BCUT2D eigenvalue weighted by Crippen LogP contribution is 2.31. The number of amides is 2. The summed E-state index contributed by atoms with van der Waals surface area (Å²) in [6.45, 7) is 6.00. The maximum absolute atomic E-state index is 14.7. The van der Waals surface area contributed by atoms with Crippen LogP contribution in [0, 0.1) is 17.0 Å². The molecule has 11 heteroatoms. The lowest BCUT2D eigenvalue weighted by atomic mass is 9.85. The van der Waals surface area contributed by atoms with Gasteiger partial charge in [0, 0.05) is 32.1 Å². The van der Waals surface area contributed by atoms with Crippen LogP contribution in [0.4, 0.5) is 17.6 Å². The van der Waals surface area contributed by atoms with Gasteiger partial charge in [-0.3, -0.25) is 9.59 Å². The summed E-state index contributed by atoms with van der Waals surface area (Å²) < 4.78 is 57.5. The van der Waals surface area contributed by atoms with Gasteiger partial charge in [-0.25, -0.2) is 22.5 Å². The van der Waals surface area contributed by atoms with Crippen LogP contribution in [0.5, 0.6) is 0 Å².